The summed E-state index contributed by atoms with van der Waals surface area (Å²) in [5, 5.41) is 3.53. The molecule has 0 spiro atoms. The number of imidazole rings is 1. The van der Waals surface area contributed by atoms with E-state index in [1.807, 2.05) is 37.0 Å². The molecule has 1 atom stereocenters. The summed E-state index contributed by atoms with van der Waals surface area (Å²) >= 11 is 1.90. The van der Waals surface area contributed by atoms with Crippen LogP contribution in [0.4, 0.5) is 5.95 Å². The zero-order valence-corrected chi connectivity index (χ0v) is 12.3. The van der Waals surface area contributed by atoms with E-state index in [1.165, 1.54) is 17.9 Å². The van der Waals surface area contributed by atoms with E-state index < -0.39 is 0 Å². The first-order valence-corrected chi connectivity index (χ1v) is 7.36. The molecule has 0 fully saturated rings. The summed E-state index contributed by atoms with van der Waals surface area (Å²) in [6.07, 6.45) is 5.31. The Bertz CT molecular complexity index is 335. The second-order valence-corrected chi connectivity index (χ2v) is 5.55. The van der Waals surface area contributed by atoms with Gasteiger partial charge in [0.1, 0.15) is 0 Å². The van der Waals surface area contributed by atoms with Gasteiger partial charge in [-0.15, -0.1) is 0 Å². The first-order valence-electron chi connectivity index (χ1n) is 5.96. The van der Waals surface area contributed by atoms with E-state index in [0.29, 0.717) is 6.04 Å². The quantitative estimate of drug-likeness (QED) is 0.805. The molecule has 1 aromatic heterocycles. The molecule has 5 heteroatoms. The van der Waals surface area contributed by atoms with Gasteiger partial charge < -0.3 is 14.8 Å². The average molecular weight is 256 g/mol. The molecule has 98 valence electrons. The zero-order chi connectivity index (χ0) is 12.8. The first kappa shape index (κ1) is 14.4. The van der Waals surface area contributed by atoms with Gasteiger partial charge in [0.25, 0.3) is 0 Å². The molecule has 4 nitrogen and oxygen atoms in total. The molecule has 0 bridgehead atoms. The van der Waals surface area contributed by atoms with Crippen molar-refractivity contribution in [3.8, 4) is 0 Å². The largest absolute Gasteiger partial charge is 0.348 e. The van der Waals surface area contributed by atoms with Crippen molar-refractivity contribution >= 4 is 17.7 Å². The van der Waals surface area contributed by atoms with Gasteiger partial charge in [0.15, 0.2) is 0 Å². The predicted molar refractivity (Wildman–Crippen MR) is 76.8 cm³/mol. The fourth-order valence-electron chi connectivity index (χ4n) is 1.69. The topological polar surface area (TPSA) is 33.1 Å². The van der Waals surface area contributed by atoms with Crippen LogP contribution in [0.15, 0.2) is 6.20 Å². The molecule has 0 aliphatic carbocycles. The third-order valence-electron chi connectivity index (χ3n) is 2.85. The van der Waals surface area contributed by atoms with Crippen molar-refractivity contribution in [2.45, 2.75) is 25.9 Å². The summed E-state index contributed by atoms with van der Waals surface area (Å²) in [7, 11) is 6.09. The van der Waals surface area contributed by atoms with Gasteiger partial charge in [-0.05, 0) is 25.4 Å². The number of nitrogens with one attached hydrogen (secondary N) is 1. The van der Waals surface area contributed by atoms with Gasteiger partial charge in [0.05, 0.1) is 11.9 Å². The van der Waals surface area contributed by atoms with Crippen molar-refractivity contribution in [3.63, 3.8) is 0 Å². The van der Waals surface area contributed by atoms with Crippen LogP contribution in [0.2, 0.25) is 0 Å². The van der Waals surface area contributed by atoms with Gasteiger partial charge in [-0.3, -0.25) is 0 Å². The molecule has 1 heterocycles. The minimum absolute atomic E-state index is 0.556. The van der Waals surface area contributed by atoms with Crippen molar-refractivity contribution in [2.24, 2.45) is 7.05 Å². The minimum atomic E-state index is 0.556. The first-order chi connectivity index (χ1) is 8.06. The number of nitrogens with zero attached hydrogens (tertiary/aromatic N) is 3. The standard InChI is InChI=1S/C12H24N4S/c1-10(6-7-17-5)13-8-11-9-14-12(15(2)3)16(11)4/h9-10,13H,6-8H2,1-5H3. The Hall–Kier alpha value is -0.680. The van der Waals surface area contributed by atoms with E-state index in [1.54, 1.807) is 0 Å². The highest BCUT2D eigenvalue weighted by atomic mass is 32.2. The third-order valence-corrected chi connectivity index (χ3v) is 3.49. The lowest BCUT2D eigenvalue weighted by Crippen LogP contribution is -2.27. The second kappa shape index (κ2) is 6.91. The smallest absolute Gasteiger partial charge is 0.204 e. The molecule has 17 heavy (non-hydrogen) atoms. The van der Waals surface area contributed by atoms with Crippen LogP contribution >= 0.6 is 11.8 Å². The van der Waals surface area contributed by atoms with Crippen LogP contribution in [0.25, 0.3) is 0 Å². The van der Waals surface area contributed by atoms with E-state index in [9.17, 15) is 0 Å². The molecular weight excluding hydrogens is 232 g/mol. The minimum Gasteiger partial charge on any atom is -0.348 e. The summed E-state index contributed by atoms with van der Waals surface area (Å²) in [6.45, 7) is 3.12. The Morgan fingerprint density at radius 2 is 2.24 bits per heavy atom. The third kappa shape index (κ3) is 4.24. The predicted octanol–water partition coefficient (Wildman–Crippen LogP) is 1.72. The molecule has 0 aromatic carbocycles. The van der Waals surface area contributed by atoms with E-state index in [4.69, 9.17) is 0 Å². The highest BCUT2D eigenvalue weighted by Gasteiger charge is 2.08. The number of thioether (sulfide) groups is 1. The fourth-order valence-corrected chi connectivity index (χ4v) is 2.28. The molecule has 0 aliphatic rings. The normalized spacial score (nSPS) is 12.8. The maximum atomic E-state index is 4.40. The zero-order valence-electron chi connectivity index (χ0n) is 11.5. The lowest BCUT2D eigenvalue weighted by atomic mass is 10.2. The molecular formula is C12H24N4S. The van der Waals surface area contributed by atoms with E-state index in [-0.39, 0.29) is 0 Å². The molecule has 0 saturated carbocycles. The van der Waals surface area contributed by atoms with Gasteiger partial charge in [-0.2, -0.15) is 11.8 Å². The maximum absolute atomic E-state index is 4.40. The van der Waals surface area contributed by atoms with Crippen LogP contribution in [0, 0.1) is 0 Å². The van der Waals surface area contributed by atoms with Gasteiger partial charge in [0.2, 0.25) is 5.95 Å². The summed E-state index contributed by atoms with van der Waals surface area (Å²) in [5.41, 5.74) is 1.23. The van der Waals surface area contributed by atoms with Crippen LogP contribution in [0.5, 0.6) is 0 Å². The Kier molecular flexibility index (Phi) is 5.85. The van der Waals surface area contributed by atoms with Crippen LogP contribution in [0.1, 0.15) is 19.0 Å². The molecule has 1 N–H and O–H groups in total. The number of aromatic nitrogens is 2. The van der Waals surface area contributed by atoms with Crippen molar-refractivity contribution in [1.29, 1.82) is 0 Å². The SMILES string of the molecule is CSCCC(C)NCc1cnc(N(C)C)n1C. The summed E-state index contributed by atoms with van der Waals surface area (Å²) in [4.78, 5) is 6.43. The summed E-state index contributed by atoms with van der Waals surface area (Å²) in [6, 6.07) is 0.556. The summed E-state index contributed by atoms with van der Waals surface area (Å²) < 4.78 is 2.13. The highest BCUT2D eigenvalue weighted by Crippen LogP contribution is 2.11. The monoisotopic (exact) mass is 256 g/mol. The van der Waals surface area contributed by atoms with Gasteiger partial charge in [-0.25, -0.2) is 4.98 Å². The molecule has 1 unspecified atom stereocenters. The van der Waals surface area contributed by atoms with E-state index >= 15 is 0 Å². The van der Waals surface area contributed by atoms with Crippen molar-refractivity contribution in [2.75, 3.05) is 31.0 Å². The van der Waals surface area contributed by atoms with Crippen LogP contribution < -0.4 is 10.2 Å². The second-order valence-electron chi connectivity index (χ2n) is 4.57. The molecule has 1 aromatic rings. The number of hydrogen-bond donors (Lipinski definition) is 1. The van der Waals surface area contributed by atoms with E-state index in [0.717, 1.165) is 12.5 Å². The highest BCUT2D eigenvalue weighted by molar-refractivity contribution is 7.98. The average Bonchev–Trinajstić information content (AvgIpc) is 2.65. The van der Waals surface area contributed by atoms with Gasteiger partial charge >= 0.3 is 0 Å². The van der Waals surface area contributed by atoms with Gasteiger partial charge in [-0.1, -0.05) is 0 Å². The lowest BCUT2D eigenvalue weighted by Gasteiger charge is -2.15. The number of anilines is 1. The maximum Gasteiger partial charge on any atom is 0.204 e. The number of hydrogen-bond acceptors (Lipinski definition) is 4. The molecule has 0 amide bonds. The van der Waals surface area contributed by atoms with Crippen molar-refractivity contribution in [1.82, 2.24) is 14.9 Å². The Morgan fingerprint density at radius 1 is 1.53 bits per heavy atom. The van der Waals surface area contributed by atoms with E-state index in [2.05, 4.69) is 35.1 Å². The van der Waals surface area contributed by atoms with Crippen molar-refractivity contribution < 1.29 is 0 Å². The van der Waals surface area contributed by atoms with Crippen molar-refractivity contribution in [3.05, 3.63) is 11.9 Å². The fraction of sp³-hybridized carbons (Fsp3) is 0.750. The van der Waals surface area contributed by atoms with Crippen LogP contribution in [0.3, 0.4) is 0 Å². The van der Waals surface area contributed by atoms with Gasteiger partial charge in [0, 0.05) is 33.7 Å². The molecule has 1 rings (SSSR count). The molecule has 0 saturated heterocycles. The lowest BCUT2D eigenvalue weighted by molar-refractivity contribution is 0.525. The Morgan fingerprint density at radius 3 is 2.76 bits per heavy atom. The van der Waals surface area contributed by atoms with Crippen LogP contribution in [-0.4, -0.2) is 41.7 Å². The Labute approximate surface area is 109 Å². The molecule has 0 aliphatic heterocycles. The summed E-state index contributed by atoms with van der Waals surface area (Å²) in [5.74, 6) is 2.21. The number of rotatable bonds is 7. The Balaban J connectivity index is 2.46. The van der Waals surface area contributed by atoms with Crippen LogP contribution in [-0.2, 0) is 13.6 Å². The molecule has 0 radical (unpaired) electrons.